The first kappa shape index (κ1) is 16.0. The van der Waals surface area contributed by atoms with Gasteiger partial charge in [0, 0.05) is 25.7 Å². The molecule has 0 aromatic heterocycles. The van der Waals surface area contributed by atoms with Crippen molar-refractivity contribution in [2.45, 2.75) is 65.8 Å². The van der Waals surface area contributed by atoms with E-state index in [4.69, 9.17) is 0 Å². The van der Waals surface area contributed by atoms with E-state index in [9.17, 15) is 0 Å². The molecular weight excluding hydrogens is 220 g/mol. The van der Waals surface area contributed by atoms with Crippen molar-refractivity contribution < 1.29 is 0 Å². The molecule has 0 spiro atoms. The lowest BCUT2D eigenvalue weighted by Crippen LogP contribution is -2.39. The van der Waals surface area contributed by atoms with Gasteiger partial charge in [-0.3, -0.25) is 0 Å². The van der Waals surface area contributed by atoms with Crippen LogP contribution in [0.2, 0.25) is 0 Å². The Bertz CT molecular complexity index is 199. The van der Waals surface area contributed by atoms with E-state index < -0.39 is 0 Å². The molecule has 0 heterocycles. The second kappa shape index (κ2) is 8.92. The van der Waals surface area contributed by atoms with Crippen molar-refractivity contribution in [3.8, 4) is 0 Å². The minimum atomic E-state index is 0.676. The molecule has 108 valence electrons. The Morgan fingerprint density at radius 1 is 1.17 bits per heavy atom. The maximum atomic E-state index is 3.67. The molecule has 2 heteroatoms. The van der Waals surface area contributed by atoms with E-state index in [2.05, 4.69) is 37.9 Å². The first-order chi connectivity index (χ1) is 8.61. The van der Waals surface area contributed by atoms with Gasteiger partial charge in [-0.25, -0.2) is 0 Å². The molecule has 1 aliphatic rings. The van der Waals surface area contributed by atoms with Crippen LogP contribution in [0.25, 0.3) is 0 Å². The predicted octanol–water partition coefficient (Wildman–Crippen LogP) is 3.52. The molecule has 0 aliphatic heterocycles. The number of rotatable bonds is 10. The SMILES string of the molecule is CCN(CCNC(C)CCC(C)C)CC1CCC1. The maximum absolute atomic E-state index is 3.67. The summed E-state index contributed by atoms with van der Waals surface area (Å²) in [6, 6.07) is 0.676. The molecule has 0 saturated heterocycles. The average Bonchev–Trinajstić information content (AvgIpc) is 2.28. The van der Waals surface area contributed by atoms with Crippen LogP contribution in [0, 0.1) is 11.8 Å². The van der Waals surface area contributed by atoms with Gasteiger partial charge in [-0.05, 0) is 51.0 Å². The lowest BCUT2D eigenvalue weighted by Gasteiger charge is -2.32. The highest BCUT2D eigenvalue weighted by molar-refractivity contribution is 4.74. The molecule has 1 aliphatic carbocycles. The average molecular weight is 254 g/mol. The van der Waals surface area contributed by atoms with Crippen molar-refractivity contribution in [2.24, 2.45) is 11.8 Å². The Morgan fingerprint density at radius 3 is 2.39 bits per heavy atom. The van der Waals surface area contributed by atoms with E-state index in [1.807, 2.05) is 0 Å². The number of nitrogens with zero attached hydrogens (tertiary/aromatic N) is 1. The monoisotopic (exact) mass is 254 g/mol. The standard InChI is InChI=1S/C16H34N2/c1-5-18(13-16-7-6-8-16)12-11-17-15(4)10-9-14(2)3/h14-17H,5-13H2,1-4H3. The minimum Gasteiger partial charge on any atom is -0.313 e. The van der Waals surface area contributed by atoms with Crippen LogP contribution < -0.4 is 5.32 Å². The van der Waals surface area contributed by atoms with E-state index in [0.717, 1.165) is 18.4 Å². The number of nitrogens with one attached hydrogen (secondary N) is 1. The highest BCUT2D eigenvalue weighted by Gasteiger charge is 2.19. The highest BCUT2D eigenvalue weighted by Crippen LogP contribution is 2.26. The van der Waals surface area contributed by atoms with Gasteiger partial charge in [0.1, 0.15) is 0 Å². The van der Waals surface area contributed by atoms with Crippen LogP contribution >= 0.6 is 0 Å². The van der Waals surface area contributed by atoms with Crippen molar-refractivity contribution >= 4 is 0 Å². The third-order valence-electron chi connectivity index (χ3n) is 4.29. The molecule has 0 aromatic carbocycles. The van der Waals surface area contributed by atoms with Crippen LogP contribution in [-0.2, 0) is 0 Å². The summed E-state index contributed by atoms with van der Waals surface area (Å²) in [6.45, 7) is 14.1. The van der Waals surface area contributed by atoms with Crippen LogP contribution in [-0.4, -0.2) is 37.1 Å². The van der Waals surface area contributed by atoms with E-state index >= 15 is 0 Å². The lowest BCUT2D eigenvalue weighted by atomic mass is 9.85. The normalized spacial score (nSPS) is 18.3. The van der Waals surface area contributed by atoms with Gasteiger partial charge in [-0.15, -0.1) is 0 Å². The van der Waals surface area contributed by atoms with Crippen LogP contribution in [0.4, 0.5) is 0 Å². The van der Waals surface area contributed by atoms with Crippen molar-refractivity contribution in [1.29, 1.82) is 0 Å². The summed E-state index contributed by atoms with van der Waals surface area (Å²) in [5.41, 5.74) is 0. The molecule has 1 rings (SSSR count). The first-order valence-corrected chi connectivity index (χ1v) is 8.07. The topological polar surface area (TPSA) is 15.3 Å². The Hall–Kier alpha value is -0.0800. The molecule has 1 N–H and O–H groups in total. The van der Waals surface area contributed by atoms with Gasteiger partial charge in [0.15, 0.2) is 0 Å². The maximum Gasteiger partial charge on any atom is 0.0107 e. The largest absolute Gasteiger partial charge is 0.313 e. The van der Waals surface area contributed by atoms with Crippen molar-refractivity contribution in [3.63, 3.8) is 0 Å². The van der Waals surface area contributed by atoms with Crippen LogP contribution in [0.15, 0.2) is 0 Å². The molecule has 18 heavy (non-hydrogen) atoms. The summed E-state index contributed by atoms with van der Waals surface area (Å²) in [5.74, 6) is 1.84. The first-order valence-electron chi connectivity index (χ1n) is 8.07. The second-order valence-electron chi connectivity index (χ2n) is 6.52. The fourth-order valence-electron chi connectivity index (χ4n) is 2.57. The van der Waals surface area contributed by atoms with Crippen LogP contribution in [0.1, 0.15) is 59.8 Å². The molecule has 1 atom stereocenters. The van der Waals surface area contributed by atoms with Gasteiger partial charge in [0.2, 0.25) is 0 Å². The zero-order chi connectivity index (χ0) is 13.4. The zero-order valence-electron chi connectivity index (χ0n) is 13.0. The van der Waals surface area contributed by atoms with Crippen molar-refractivity contribution in [1.82, 2.24) is 10.2 Å². The summed E-state index contributed by atoms with van der Waals surface area (Å²) >= 11 is 0. The zero-order valence-corrected chi connectivity index (χ0v) is 13.0. The summed E-state index contributed by atoms with van der Waals surface area (Å²) in [6.07, 6.45) is 7.05. The Morgan fingerprint density at radius 2 is 1.89 bits per heavy atom. The Kier molecular flexibility index (Phi) is 7.92. The van der Waals surface area contributed by atoms with Gasteiger partial charge in [0.05, 0.1) is 0 Å². The molecule has 0 amide bonds. The Balaban J connectivity index is 2.02. The van der Waals surface area contributed by atoms with Crippen LogP contribution in [0.3, 0.4) is 0 Å². The van der Waals surface area contributed by atoms with E-state index in [-0.39, 0.29) is 0 Å². The Labute approximate surface area is 115 Å². The van der Waals surface area contributed by atoms with E-state index in [1.54, 1.807) is 0 Å². The van der Waals surface area contributed by atoms with Gasteiger partial charge in [0.25, 0.3) is 0 Å². The summed E-state index contributed by atoms with van der Waals surface area (Å²) < 4.78 is 0. The molecule has 1 saturated carbocycles. The quantitative estimate of drug-likeness (QED) is 0.641. The summed E-state index contributed by atoms with van der Waals surface area (Å²) in [4.78, 5) is 2.62. The lowest BCUT2D eigenvalue weighted by molar-refractivity contribution is 0.183. The molecule has 2 nitrogen and oxygen atoms in total. The van der Waals surface area contributed by atoms with E-state index in [1.165, 1.54) is 51.7 Å². The molecular formula is C16H34N2. The molecule has 0 aromatic rings. The molecule has 1 fully saturated rings. The fraction of sp³-hybridized carbons (Fsp3) is 1.00. The van der Waals surface area contributed by atoms with Gasteiger partial charge < -0.3 is 10.2 Å². The van der Waals surface area contributed by atoms with Crippen molar-refractivity contribution in [2.75, 3.05) is 26.2 Å². The van der Waals surface area contributed by atoms with Crippen LogP contribution in [0.5, 0.6) is 0 Å². The highest BCUT2D eigenvalue weighted by atomic mass is 15.1. The molecule has 0 radical (unpaired) electrons. The number of likely N-dealkylation sites (N-methyl/N-ethyl adjacent to an activating group) is 1. The van der Waals surface area contributed by atoms with Gasteiger partial charge in [-0.1, -0.05) is 27.2 Å². The summed E-state index contributed by atoms with van der Waals surface area (Å²) in [5, 5.41) is 3.67. The second-order valence-corrected chi connectivity index (χ2v) is 6.52. The van der Waals surface area contributed by atoms with Crippen molar-refractivity contribution in [3.05, 3.63) is 0 Å². The number of hydrogen-bond acceptors (Lipinski definition) is 2. The smallest absolute Gasteiger partial charge is 0.0107 e. The molecule has 1 unspecified atom stereocenters. The molecule has 0 bridgehead atoms. The number of hydrogen-bond donors (Lipinski definition) is 1. The summed E-state index contributed by atoms with van der Waals surface area (Å²) in [7, 11) is 0. The van der Waals surface area contributed by atoms with Gasteiger partial charge in [-0.2, -0.15) is 0 Å². The predicted molar refractivity (Wildman–Crippen MR) is 81.0 cm³/mol. The van der Waals surface area contributed by atoms with E-state index in [0.29, 0.717) is 6.04 Å². The fourth-order valence-corrected chi connectivity index (χ4v) is 2.57. The third-order valence-corrected chi connectivity index (χ3v) is 4.29. The van der Waals surface area contributed by atoms with Gasteiger partial charge >= 0.3 is 0 Å². The third kappa shape index (κ3) is 6.75. The minimum absolute atomic E-state index is 0.676.